The van der Waals surface area contributed by atoms with Gasteiger partial charge in [-0.25, -0.2) is 4.98 Å². The highest BCUT2D eigenvalue weighted by molar-refractivity contribution is 6.30. The highest BCUT2D eigenvalue weighted by Crippen LogP contribution is 2.33. The first-order valence-corrected chi connectivity index (χ1v) is 5.41. The Morgan fingerprint density at radius 1 is 1.53 bits per heavy atom. The summed E-state index contributed by atoms with van der Waals surface area (Å²) in [7, 11) is 0. The summed E-state index contributed by atoms with van der Waals surface area (Å²) in [6, 6.07) is 1.89. The van der Waals surface area contributed by atoms with E-state index in [4.69, 9.17) is 16.3 Å². The zero-order valence-electron chi connectivity index (χ0n) is 8.22. The Morgan fingerprint density at radius 2 is 2.47 bits per heavy atom. The van der Waals surface area contributed by atoms with Crippen molar-refractivity contribution in [2.45, 2.75) is 12.0 Å². The molecule has 1 atom stereocenters. The monoisotopic (exact) mass is 225 g/mol. The van der Waals surface area contributed by atoms with Gasteiger partial charge < -0.3 is 15.4 Å². The first-order chi connectivity index (χ1) is 7.27. The molecule has 0 aromatic carbocycles. The van der Waals surface area contributed by atoms with Gasteiger partial charge in [0, 0.05) is 19.3 Å². The minimum absolute atomic E-state index is 0.0217. The molecule has 1 aromatic heterocycles. The first kappa shape index (κ1) is 9.24. The molecule has 2 N–H and O–H groups in total. The summed E-state index contributed by atoms with van der Waals surface area (Å²) < 4.78 is 5.42. The summed E-state index contributed by atoms with van der Waals surface area (Å²) in [4.78, 5) is 4.28. The smallest absolute Gasteiger partial charge is 0.150 e. The van der Waals surface area contributed by atoms with Gasteiger partial charge in [-0.05, 0) is 12.5 Å². The van der Waals surface area contributed by atoms with Crippen molar-refractivity contribution in [1.82, 2.24) is 4.98 Å². The van der Waals surface area contributed by atoms with Crippen LogP contribution in [-0.4, -0.2) is 30.3 Å². The van der Waals surface area contributed by atoms with Crippen LogP contribution in [0, 0.1) is 0 Å². The van der Waals surface area contributed by atoms with Crippen molar-refractivity contribution in [3.05, 3.63) is 17.3 Å². The van der Waals surface area contributed by atoms with Crippen molar-refractivity contribution in [3.63, 3.8) is 0 Å². The zero-order valence-corrected chi connectivity index (χ0v) is 8.97. The standard InChI is InChI=1S/C10H12ClN3O/c11-7-3-8-9(12-4-7)14-10(5-13-8)1-2-15-6-10/h3-4,13H,1-2,5-6H2,(H,12,14). The average molecular weight is 226 g/mol. The normalized spacial score (nSPS) is 28.3. The molecule has 4 nitrogen and oxygen atoms in total. The molecule has 80 valence electrons. The fraction of sp³-hybridized carbons (Fsp3) is 0.500. The van der Waals surface area contributed by atoms with Crippen molar-refractivity contribution in [1.29, 1.82) is 0 Å². The van der Waals surface area contributed by atoms with Gasteiger partial charge in [-0.2, -0.15) is 0 Å². The zero-order chi connectivity index (χ0) is 10.3. The van der Waals surface area contributed by atoms with E-state index in [1.165, 1.54) is 0 Å². The second kappa shape index (κ2) is 3.25. The molecule has 15 heavy (non-hydrogen) atoms. The predicted molar refractivity (Wildman–Crippen MR) is 59.5 cm³/mol. The third-order valence-electron chi connectivity index (χ3n) is 2.96. The van der Waals surface area contributed by atoms with Gasteiger partial charge in [0.1, 0.15) is 5.82 Å². The summed E-state index contributed by atoms with van der Waals surface area (Å²) in [6.45, 7) is 2.42. The minimum atomic E-state index is 0.0217. The van der Waals surface area contributed by atoms with Crippen molar-refractivity contribution in [2.75, 3.05) is 30.4 Å². The highest BCUT2D eigenvalue weighted by Gasteiger charge is 2.38. The Balaban J connectivity index is 1.93. The lowest BCUT2D eigenvalue weighted by molar-refractivity contribution is 0.183. The van der Waals surface area contributed by atoms with Gasteiger partial charge in [-0.1, -0.05) is 11.6 Å². The summed E-state index contributed by atoms with van der Waals surface area (Å²) in [5, 5.41) is 7.44. The molecule has 0 bridgehead atoms. The third kappa shape index (κ3) is 1.54. The molecule has 1 unspecified atom stereocenters. The van der Waals surface area contributed by atoms with Crippen LogP contribution in [-0.2, 0) is 4.74 Å². The van der Waals surface area contributed by atoms with Crippen molar-refractivity contribution in [2.24, 2.45) is 0 Å². The molecule has 1 saturated heterocycles. The molecule has 3 heterocycles. The molecule has 2 aliphatic heterocycles. The lowest BCUT2D eigenvalue weighted by atomic mass is 9.96. The van der Waals surface area contributed by atoms with Crippen LogP contribution in [0.3, 0.4) is 0 Å². The highest BCUT2D eigenvalue weighted by atomic mass is 35.5. The molecule has 1 aromatic rings. The van der Waals surface area contributed by atoms with E-state index in [9.17, 15) is 0 Å². The quantitative estimate of drug-likeness (QED) is 0.706. The molecule has 2 aliphatic rings. The van der Waals surface area contributed by atoms with Crippen LogP contribution in [0.25, 0.3) is 0 Å². The van der Waals surface area contributed by atoms with E-state index in [2.05, 4.69) is 15.6 Å². The first-order valence-electron chi connectivity index (χ1n) is 5.03. The van der Waals surface area contributed by atoms with Crippen LogP contribution in [0.2, 0.25) is 5.02 Å². The van der Waals surface area contributed by atoms with Gasteiger partial charge in [0.25, 0.3) is 0 Å². The molecule has 0 radical (unpaired) electrons. The van der Waals surface area contributed by atoms with Gasteiger partial charge >= 0.3 is 0 Å². The van der Waals surface area contributed by atoms with Crippen LogP contribution in [0.1, 0.15) is 6.42 Å². The van der Waals surface area contributed by atoms with Crippen molar-refractivity contribution >= 4 is 23.1 Å². The van der Waals surface area contributed by atoms with Crippen molar-refractivity contribution < 1.29 is 4.74 Å². The maximum Gasteiger partial charge on any atom is 0.150 e. The summed E-state index contributed by atoms with van der Waals surface area (Å²) in [5.74, 6) is 0.871. The van der Waals surface area contributed by atoms with Gasteiger partial charge in [-0.15, -0.1) is 0 Å². The number of pyridine rings is 1. The van der Waals surface area contributed by atoms with E-state index in [-0.39, 0.29) is 5.54 Å². The fourth-order valence-electron chi connectivity index (χ4n) is 2.08. The van der Waals surface area contributed by atoms with Crippen LogP contribution in [0.15, 0.2) is 12.3 Å². The largest absolute Gasteiger partial charge is 0.380 e. The maximum atomic E-state index is 5.87. The molecular weight excluding hydrogens is 214 g/mol. The molecule has 0 saturated carbocycles. The van der Waals surface area contributed by atoms with E-state index in [1.807, 2.05) is 6.07 Å². The molecule has 0 amide bonds. The second-order valence-corrected chi connectivity index (χ2v) is 4.55. The van der Waals surface area contributed by atoms with E-state index in [0.29, 0.717) is 5.02 Å². The average Bonchev–Trinajstić information content (AvgIpc) is 2.67. The molecule has 5 heteroatoms. The molecule has 3 rings (SSSR count). The van der Waals surface area contributed by atoms with Crippen LogP contribution in [0.5, 0.6) is 0 Å². The SMILES string of the molecule is Clc1cnc2c(c1)NCC1(CCOC1)N2. The van der Waals surface area contributed by atoms with Crippen LogP contribution >= 0.6 is 11.6 Å². The van der Waals surface area contributed by atoms with Gasteiger partial charge in [-0.3, -0.25) is 0 Å². The lowest BCUT2D eigenvalue weighted by Gasteiger charge is -2.35. The topological polar surface area (TPSA) is 46.2 Å². The molecule has 1 spiro atoms. The Bertz CT molecular complexity index is 390. The number of hydrogen-bond donors (Lipinski definition) is 2. The fourth-order valence-corrected chi connectivity index (χ4v) is 2.24. The van der Waals surface area contributed by atoms with E-state index in [0.717, 1.165) is 37.7 Å². The Hall–Kier alpha value is -1.00. The van der Waals surface area contributed by atoms with Crippen LogP contribution < -0.4 is 10.6 Å². The number of nitrogens with one attached hydrogen (secondary N) is 2. The Morgan fingerprint density at radius 3 is 3.27 bits per heavy atom. The number of fused-ring (bicyclic) bond motifs is 1. The number of rotatable bonds is 0. The lowest BCUT2D eigenvalue weighted by Crippen LogP contribution is -2.48. The second-order valence-electron chi connectivity index (χ2n) is 4.11. The number of nitrogens with zero attached hydrogens (tertiary/aromatic N) is 1. The predicted octanol–water partition coefficient (Wildman–Crippen LogP) is 1.73. The maximum absolute atomic E-state index is 5.87. The summed E-state index contributed by atoms with van der Waals surface area (Å²) >= 11 is 5.87. The van der Waals surface area contributed by atoms with Crippen LogP contribution in [0.4, 0.5) is 11.5 Å². The van der Waals surface area contributed by atoms with E-state index < -0.39 is 0 Å². The van der Waals surface area contributed by atoms with Gasteiger partial charge in [0.05, 0.1) is 22.9 Å². The Kier molecular flexibility index (Phi) is 2.00. The summed E-state index contributed by atoms with van der Waals surface area (Å²) in [5.41, 5.74) is 0.994. The van der Waals surface area contributed by atoms with E-state index >= 15 is 0 Å². The third-order valence-corrected chi connectivity index (χ3v) is 3.17. The minimum Gasteiger partial charge on any atom is -0.380 e. The number of hydrogen-bond acceptors (Lipinski definition) is 4. The Labute approximate surface area is 93.0 Å². The van der Waals surface area contributed by atoms with Gasteiger partial charge in [0.15, 0.2) is 0 Å². The number of anilines is 2. The molecular formula is C10H12ClN3O. The van der Waals surface area contributed by atoms with Crippen molar-refractivity contribution in [3.8, 4) is 0 Å². The van der Waals surface area contributed by atoms with E-state index in [1.54, 1.807) is 6.20 Å². The number of aromatic nitrogens is 1. The number of ether oxygens (including phenoxy) is 1. The summed E-state index contributed by atoms with van der Waals surface area (Å²) in [6.07, 6.45) is 2.67. The number of halogens is 1. The molecule has 1 fully saturated rings. The van der Waals surface area contributed by atoms with Gasteiger partial charge in [0.2, 0.25) is 0 Å². The molecule has 0 aliphatic carbocycles.